The maximum absolute atomic E-state index is 13.8. The van der Waals surface area contributed by atoms with Gasteiger partial charge in [0.1, 0.15) is 11.6 Å². The van der Waals surface area contributed by atoms with Gasteiger partial charge in [-0.3, -0.25) is 4.79 Å². The van der Waals surface area contributed by atoms with Crippen LogP contribution in [0.25, 0.3) is 11.3 Å². The molecule has 1 aromatic heterocycles. The second-order valence-electron chi connectivity index (χ2n) is 6.42. The number of rotatable bonds is 8. The molecular weight excluding hydrogens is 359 g/mol. The first-order chi connectivity index (χ1) is 13.6. The van der Waals surface area contributed by atoms with Crippen LogP contribution in [0.4, 0.5) is 4.39 Å². The zero-order valence-corrected chi connectivity index (χ0v) is 16.0. The molecule has 0 bridgehead atoms. The van der Waals surface area contributed by atoms with Crippen LogP contribution in [0.2, 0.25) is 0 Å². The van der Waals surface area contributed by atoms with Crippen molar-refractivity contribution in [1.29, 1.82) is 0 Å². The minimum atomic E-state index is -0.364. The van der Waals surface area contributed by atoms with Crippen LogP contribution >= 0.6 is 0 Å². The van der Waals surface area contributed by atoms with Crippen LogP contribution in [0.5, 0.6) is 5.75 Å². The number of aromatic nitrogens is 1. The van der Waals surface area contributed by atoms with Crippen molar-refractivity contribution in [1.82, 2.24) is 9.88 Å². The maximum atomic E-state index is 13.8. The Bertz CT molecular complexity index is 922. The Morgan fingerprint density at radius 1 is 1.18 bits per heavy atom. The molecule has 5 nitrogen and oxygen atoms in total. The number of hydrogen-bond acceptors (Lipinski definition) is 4. The summed E-state index contributed by atoms with van der Waals surface area (Å²) in [7, 11) is 1.76. The number of amides is 1. The fraction of sp³-hybridized carbons (Fsp3) is 0.273. The normalized spacial score (nSPS) is 10.7. The molecule has 0 atom stereocenters. The van der Waals surface area contributed by atoms with E-state index >= 15 is 0 Å². The summed E-state index contributed by atoms with van der Waals surface area (Å²) in [4.78, 5) is 18.2. The molecule has 0 aliphatic carbocycles. The maximum Gasteiger partial charge on any atom is 0.223 e. The van der Waals surface area contributed by atoms with Gasteiger partial charge in [-0.1, -0.05) is 24.3 Å². The molecule has 1 heterocycles. The summed E-state index contributed by atoms with van der Waals surface area (Å²) in [6, 6.07) is 14.1. The molecule has 0 N–H and O–H groups in total. The van der Waals surface area contributed by atoms with Gasteiger partial charge in [-0.25, -0.2) is 9.37 Å². The van der Waals surface area contributed by atoms with E-state index in [2.05, 4.69) is 4.98 Å². The van der Waals surface area contributed by atoms with Crippen molar-refractivity contribution in [2.24, 2.45) is 0 Å². The van der Waals surface area contributed by atoms with Crippen LogP contribution in [0.1, 0.15) is 24.8 Å². The molecule has 0 unspecified atom stereocenters. The molecule has 0 saturated carbocycles. The number of carbonyl (C=O) groups excluding carboxylic acids is 1. The van der Waals surface area contributed by atoms with E-state index < -0.39 is 0 Å². The minimum Gasteiger partial charge on any atom is -0.494 e. The lowest BCUT2D eigenvalue weighted by Crippen LogP contribution is -2.26. The highest BCUT2D eigenvalue weighted by Crippen LogP contribution is 2.23. The highest BCUT2D eigenvalue weighted by Gasteiger charge is 2.14. The van der Waals surface area contributed by atoms with Gasteiger partial charge in [-0.15, -0.1) is 0 Å². The van der Waals surface area contributed by atoms with Crippen molar-refractivity contribution in [3.63, 3.8) is 0 Å². The quantitative estimate of drug-likeness (QED) is 0.577. The Labute approximate surface area is 163 Å². The van der Waals surface area contributed by atoms with E-state index in [1.807, 2.05) is 31.2 Å². The molecule has 0 aliphatic rings. The zero-order valence-electron chi connectivity index (χ0n) is 16.0. The van der Waals surface area contributed by atoms with E-state index in [0.29, 0.717) is 36.8 Å². The molecule has 1 amide bonds. The molecule has 0 spiro atoms. The van der Waals surface area contributed by atoms with Gasteiger partial charge in [-0.2, -0.15) is 0 Å². The predicted octanol–water partition coefficient (Wildman–Crippen LogP) is 4.47. The first kappa shape index (κ1) is 19.6. The van der Waals surface area contributed by atoms with Crippen LogP contribution in [0, 0.1) is 5.82 Å². The number of hydrogen-bond donors (Lipinski definition) is 0. The number of carbonyl (C=O) groups is 1. The van der Waals surface area contributed by atoms with Crippen LogP contribution < -0.4 is 4.74 Å². The number of benzene rings is 2. The van der Waals surface area contributed by atoms with Gasteiger partial charge < -0.3 is 14.1 Å². The topological polar surface area (TPSA) is 55.6 Å². The lowest BCUT2D eigenvalue weighted by atomic mass is 10.2. The third kappa shape index (κ3) is 4.97. The molecule has 146 valence electrons. The molecule has 28 heavy (non-hydrogen) atoms. The summed E-state index contributed by atoms with van der Waals surface area (Å²) >= 11 is 0. The average molecular weight is 382 g/mol. The fourth-order valence-corrected chi connectivity index (χ4v) is 2.84. The third-order valence-electron chi connectivity index (χ3n) is 4.33. The Kier molecular flexibility index (Phi) is 6.42. The van der Waals surface area contributed by atoms with Gasteiger partial charge in [0, 0.05) is 26.4 Å². The van der Waals surface area contributed by atoms with Gasteiger partial charge in [-0.05, 0) is 36.8 Å². The van der Waals surface area contributed by atoms with Crippen molar-refractivity contribution in [2.45, 2.75) is 26.3 Å². The van der Waals surface area contributed by atoms with Crippen molar-refractivity contribution in [3.05, 3.63) is 72.0 Å². The summed E-state index contributed by atoms with van der Waals surface area (Å²) in [6.45, 7) is 3.07. The molecule has 0 radical (unpaired) electrons. The lowest BCUT2D eigenvalue weighted by Gasteiger charge is -2.17. The standard InChI is InChI=1S/C22H23FN2O3/c1-3-27-17-10-8-16(9-11-17)15-25(2)22(26)13-12-21-24-14-20(28-21)18-6-4-5-7-19(18)23/h4-11,14H,3,12-13,15H2,1-2H3. The monoisotopic (exact) mass is 382 g/mol. The van der Waals surface area contributed by atoms with E-state index in [4.69, 9.17) is 9.15 Å². The third-order valence-corrected chi connectivity index (χ3v) is 4.33. The Morgan fingerprint density at radius 2 is 1.93 bits per heavy atom. The van der Waals surface area contributed by atoms with Crippen molar-refractivity contribution in [2.75, 3.05) is 13.7 Å². The summed E-state index contributed by atoms with van der Waals surface area (Å²) in [5, 5.41) is 0. The van der Waals surface area contributed by atoms with Gasteiger partial charge in [0.2, 0.25) is 5.91 Å². The van der Waals surface area contributed by atoms with E-state index in [1.165, 1.54) is 12.3 Å². The van der Waals surface area contributed by atoms with Gasteiger partial charge in [0.15, 0.2) is 11.7 Å². The Morgan fingerprint density at radius 3 is 2.64 bits per heavy atom. The van der Waals surface area contributed by atoms with Crippen LogP contribution in [0.3, 0.4) is 0 Å². The average Bonchev–Trinajstić information content (AvgIpc) is 3.17. The van der Waals surface area contributed by atoms with Crippen LogP contribution in [0.15, 0.2) is 59.1 Å². The lowest BCUT2D eigenvalue weighted by molar-refractivity contribution is -0.130. The van der Waals surface area contributed by atoms with Gasteiger partial charge >= 0.3 is 0 Å². The Balaban J connectivity index is 1.53. The van der Waals surface area contributed by atoms with Gasteiger partial charge in [0.25, 0.3) is 0 Å². The molecule has 0 fully saturated rings. The number of oxazole rings is 1. The predicted molar refractivity (Wildman–Crippen MR) is 104 cm³/mol. The van der Waals surface area contributed by atoms with Gasteiger partial charge in [0.05, 0.1) is 18.4 Å². The van der Waals surface area contributed by atoms with E-state index in [0.717, 1.165) is 11.3 Å². The summed E-state index contributed by atoms with van der Waals surface area (Å²) < 4.78 is 24.8. The molecule has 2 aromatic carbocycles. The zero-order chi connectivity index (χ0) is 19.9. The first-order valence-electron chi connectivity index (χ1n) is 9.22. The molecule has 6 heteroatoms. The fourth-order valence-electron chi connectivity index (χ4n) is 2.84. The summed E-state index contributed by atoms with van der Waals surface area (Å²) in [5.41, 5.74) is 1.39. The number of aryl methyl sites for hydroxylation is 1. The summed E-state index contributed by atoms with van der Waals surface area (Å²) in [5.74, 6) is 1.22. The second-order valence-corrected chi connectivity index (χ2v) is 6.42. The highest BCUT2D eigenvalue weighted by molar-refractivity contribution is 5.76. The molecule has 3 aromatic rings. The number of nitrogens with zero attached hydrogens (tertiary/aromatic N) is 2. The molecule has 0 aliphatic heterocycles. The second kappa shape index (κ2) is 9.17. The number of ether oxygens (including phenoxy) is 1. The van der Waals surface area contributed by atoms with Crippen molar-refractivity contribution >= 4 is 5.91 Å². The molecule has 3 rings (SSSR count). The smallest absolute Gasteiger partial charge is 0.223 e. The SMILES string of the molecule is CCOc1ccc(CN(C)C(=O)CCc2ncc(-c3ccccc3F)o2)cc1. The first-order valence-corrected chi connectivity index (χ1v) is 9.22. The van der Waals surface area contributed by atoms with Crippen molar-refractivity contribution < 1.29 is 18.3 Å². The molecule has 0 saturated heterocycles. The van der Waals surface area contributed by atoms with E-state index in [9.17, 15) is 9.18 Å². The summed E-state index contributed by atoms with van der Waals surface area (Å²) in [6.07, 6.45) is 2.12. The highest BCUT2D eigenvalue weighted by atomic mass is 19.1. The van der Waals surface area contributed by atoms with E-state index in [-0.39, 0.29) is 18.1 Å². The molecular formula is C22H23FN2O3. The van der Waals surface area contributed by atoms with Crippen molar-refractivity contribution in [3.8, 4) is 17.1 Å². The number of halogens is 1. The van der Waals surface area contributed by atoms with E-state index in [1.54, 1.807) is 30.1 Å². The van der Waals surface area contributed by atoms with Crippen LogP contribution in [-0.4, -0.2) is 29.4 Å². The minimum absolute atomic E-state index is 0.0143. The Hall–Kier alpha value is -3.15. The largest absolute Gasteiger partial charge is 0.494 e. The van der Waals surface area contributed by atoms with Crippen LogP contribution in [-0.2, 0) is 17.8 Å².